The summed E-state index contributed by atoms with van der Waals surface area (Å²) in [5.74, 6) is 0.834. The van der Waals surface area contributed by atoms with E-state index >= 15 is 0 Å². The first-order chi connectivity index (χ1) is 15.9. The van der Waals surface area contributed by atoms with Gasteiger partial charge in [-0.3, -0.25) is 4.79 Å². The maximum atomic E-state index is 13.1. The van der Waals surface area contributed by atoms with E-state index in [1.165, 1.54) is 10.5 Å². The monoisotopic (exact) mass is 452 g/mol. The number of rotatable bonds is 8. The summed E-state index contributed by atoms with van der Waals surface area (Å²) in [4.78, 5) is 26.9. The summed E-state index contributed by atoms with van der Waals surface area (Å²) < 4.78 is 11.2. The van der Waals surface area contributed by atoms with Crippen molar-refractivity contribution in [2.45, 2.75) is 50.5 Å². The van der Waals surface area contributed by atoms with Crippen LogP contribution >= 0.6 is 0 Å². The van der Waals surface area contributed by atoms with E-state index in [1.54, 1.807) is 20.2 Å². The van der Waals surface area contributed by atoms with E-state index in [0.717, 1.165) is 32.1 Å². The molecule has 2 amide bonds. The van der Waals surface area contributed by atoms with Crippen LogP contribution in [0.25, 0.3) is 0 Å². The van der Waals surface area contributed by atoms with Crippen molar-refractivity contribution in [3.8, 4) is 0 Å². The van der Waals surface area contributed by atoms with Crippen LogP contribution in [-0.2, 0) is 19.7 Å². The highest BCUT2D eigenvalue weighted by atomic mass is 16.6. The summed E-state index contributed by atoms with van der Waals surface area (Å²) in [5, 5.41) is 3.18. The molecule has 2 aliphatic carbocycles. The molecule has 1 atom stereocenters. The Hall–Kier alpha value is -3.02. The molecule has 0 bridgehead atoms. The van der Waals surface area contributed by atoms with E-state index in [2.05, 4.69) is 31.0 Å². The first kappa shape index (κ1) is 24.6. The summed E-state index contributed by atoms with van der Waals surface area (Å²) in [6, 6.07) is 10.3. The number of nitrogens with zero attached hydrogens (tertiary/aromatic N) is 1. The lowest BCUT2D eigenvalue weighted by Crippen LogP contribution is -2.45. The zero-order valence-corrected chi connectivity index (χ0v) is 20.0. The van der Waals surface area contributed by atoms with Gasteiger partial charge in [-0.05, 0) is 49.7 Å². The first-order valence-electron chi connectivity index (χ1n) is 11.7. The van der Waals surface area contributed by atoms with E-state index in [1.807, 2.05) is 30.4 Å². The number of allylic oxidation sites excluding steroid dienone is 2. The van der Waals surface area contributed by atoms with Crippen molar-refractivity contribution in [2.24, 2.45) is 5.92 Å². The van der Waals surface area contributed by atoms with Crippen LogP contribution in [0.4, 0.5) is 4.79 Å². The van der Waals surface area contributed by atoms with Gasteiger partial charge in [0, 0.05) is 25.6 Å². The minimum atomic E-state index is -0.322. The fourth-order valence-electron chi connectivity index (χ4n) is 4.68. The first-order valence-corrected chi connectivity index (χ1v) is 11.7. The number of hydrogen-bond donors (Lipinski definition) is 1. The van der Waals surface area contributed by atoms with E-state index in [4.69, 9.17) is 9.47 Å². The lowest BCUT2D eigenvalue weighted by Gasteiger charge is -2.41. The molecule has 6 nitrogen and oxygen atoms in total. The van der Waals surface area contributed by atoms with Crippen LogP contribution in [0.15, 0.2) is 66.5 Å². The number of carbonyl (C=O) groups is 2. The third kappa shape index (κ3) is 6.06. The third-order valence-electron chi connectivity index (χ3n) is 6.70. The van der Waals surface area contributed by atoms with Crippen LogP contribution in [0.3, 0.4) is 0 Å². The molecular formula is C27H36N2O4. The number of carbonyl (C=O) groups excluding carboxylic acids is 2. The second-order valence-corrected chi connectivity index (χ2v) is 9.15. The van der Waals surface area contributed by atoms with E-state index in [0.29, 0.717) is 30.3 Å². The summed E-state index contributed by atoms with van der Waals surface area (Å²) in [6.07, 6.45) is 9.22. The molecule has 1 fully saturated rings. The van der Waals surface area contributed by atoms with E-state index < -0.39 is 0 Å². The molecule has 33 heavy (non-hydrogen) atoms. The van der Waals surface area contributed by atoms with Crippen LogP contribution in [0.1, 0.15) is 44.6 Å². The van der Waals surface area contributed by atoms with Gasteiger partial charge in [-0.15, -0.1) is 6.58 Å². The molecule has 0 aliphatic heterocycles. The number of hydrogen-bond acceptors (Lipinski definition) is 4. The summed E-state index contributed by atoms with van der Waals surface area (Å²) in [7, 11) is 3.31. The molecule has 0 saturated heterocycles. The fourth-order valence-corrected chi connectivity index (χ4v) is 4.68. The Kier molecular flexibility index (Phi) is 8.37. The lowest BCUT2D eigenvalue weighted by atomic mass is 9.68. The highest BCUT2D eigenvalue weighted by molar-refractivity contribution is 5.97. The number of methoxy groups -OCH3 is 1. The molecule has 1 saturated carbocycles. The molecule has 6 heteroatoms. The topological polar surface area (TPSA) is 67.9 Å². The molecule has 0 radical (unpaired) electrons. The number of amides is 2. The predicted molar refractivity (Wildman–Crippen MR) is 130 cm³/mol. The van der Waals surface area contributed by atoms with Gasteiger partial charge < -0.3 is 19.7 Å². The molecule has 2 aliphatic rings. The Labute approximate surface area is 197 Å². The molecule has 1 aromatic carbocycles. The quantitative estimate of drug-likeness (QED) is 0.579. The number of benzene rings is 1. The molecular weight excluding hydrogens is 416 g/mol. The Morgan fingerprint density at radius 1 is 1.24 bits per heavy atom. The Morgan fingerprint density at radius 3 is 2.58 bits per heavy atom. The standard InChI is InChI=1S/C27H36N2O4/c1-5-17-29(3)26(31)33-22-13-15-27(16-14-22,21-9-7-6-8-10-21)19-28-25(30)23-18-20(2)11-12-24(23)32-4/h5-10,12,18,20,22H,1,11,13-17,19H2,2-4H3,(H,28,30). The Morgan fingerprint density at radius 2 is 1.94 bits per heavy atom. The van der Waals surface area contributed by atoms with Crippen molar-refractivity contribution in [1.29, 1.82) is 0 Å². The van der Waals surface area contributed by atoms with Crippen molar-refractivity contribution in [3.05, 3.63) is 72.0 Å². The van der Waals surface area contributed by atoms with Gasteiger partial charge in [0.05, 0.1) is 12.7 Å². The van der Waals surface area contributed by atoms with Gasteiger partial charge >= 0.3 is 6.09 Å². The Balaban J connectivity index is 1.69. The maximum absolute atomic E-state index is 13.1. The van der Waals surface area contributed by atoms with Gasteiger partial charge in [0.25, 0.3) is 5.91 Å². The molecule has 1 N–H and O–H groups in total. The van der Waals surface area contributed by atoms with Crippen LogP contribution < -0.4 is 5.32 Å². The average Bonchev–Trinajstić information content (AvgIpc) is 2.84. The molecule has 0 spiro atoms. The zero-order valence-electron chi connectivity index (χ0n) is 20.0. The van der Waals surface area contributed by atoms with Crippen LogP contribution in [0.5, 0.6) is 0 Å². The molecule has 3 rings (SSSR count). The molecule has 0 aromatic heterocycles. The Bertz CT molecular complexity index is 898. The number of nitrogens with one attached hydrogen (secondary N) is 1. The number of likely N-dealkylation sites (N-methyl/N-ethyl adjacent to an activating group) is 1. The van der Waals surface area contributed by atoms with Gasteiger partial charge in [-0.25, -0.2) is 4.79 Å². The van der Waals surface area contributed by atoms with Gasteiger partial charge in [-0.1, -0.05) is 49.4 Å². The largest absolute Gasteiger partial charge is 0.496 e. The fraction of sp³-hybridized carbons (Fsp3) is 0.481. The summed E-state index contributed by atoms with van der Waals surface area (Å²) in [5.41, 5.74) is 1.60. The van der Waals surface area contributed by atoms with Crippen molar-refractivity contribution < 1.29 is 19.1 Å². The molecule has 0 heterocycles. The smallest absolute Gasteiger partial charge is 0.410 e. The van der Waals surface area contributed by atoms with Crippen molar-refractivity contribution in [1.82, 2.24) is 10.2 Å². The van der Waals surface area contributed by atoms with Crippen LogP contribution in [0, 0.1) is 5.92 Å². The SMILES string of the molecule is C=CCN(C)C(=O)OC1CCC(CNC(=O)C2=CC(C)CC=C2OC)(c2ccccc2)CC1. The average molecular weight is 453 g/mol. The molecule has 1 unspecified atom stereocenters. The van der Waals surface area contributed by atoms with Crippen molar-refractivity contribution >= 4 is 12.0 Å². The lowest BCUT2D eigenvalue weighted by molar-refractivity contribution is -0.118. The molecule has 178 valence electrons. The van der Waals surface area contributed by atoms with E-state index in [9.17, 15) is 9.59 Å². The summed E-state index contributed by atoms with van der Waals surface area (Å²) in [6.45, 7) is 6.74. The highest BCUT2D eigenvalue weighted by Crippen LogP contribution is 2.40. The zero-order chi connectivity index (χ0) is 23.8. The van der Waals surface area contributed by atoms with Crippen molar-refractivity contribution in [3.63, 3.8) is 0 Å². The normalized spacial score (nSPS) is 24.7. The minimum Gasteiger partial charge on any atom is -0.496 e. The van der Waals surface area contributed by atoms with Gasteiger partial charge in [-0.2, -0.15) is 0 Å². The minimum absolute atomic E-state index is 0.107. The summed E-state index contributed by atoms with van der Waals surface area (Å²) >= 11 is 0. The van der Waals surface area contributed by atoms with Crippen molar-refractivity contribution in [2.75, 3.05) is 27.2 Å². The highest BCUT2D eigenvalue weighted by Gasteiger charge is 2.39. The van der Waals surface area contributed by atoms with E-state index in [-0.39, 0.29) is 23.5 Å². The molecule has 1 aromatic rings. The predicted octanol–water partition coefficient (Wildman–Crippen LogP) is 4.73. The van der Waals surface area contributed by atoms with Crippen LogP contribution in [0.2, 0.25) is 0 Å². The van der Waals surface area contributed by atoms with Gasteiger partial charge in [0.1, 0.15) is 11.9 Å². The second kappa shape index (κ2) is 11.2. The third-order valence-corrected chi connectivity index (χ3v) is 6.70. The maximum Gasteiger partial charge on any atom is 0.410 e. The van der Waals surface area contributed by atoms with Gasteiger partial charge in [0.2, 0.25) is 0 Å². The van der Waals surface area contributed by atoms with Gasteiger partial charge in [0.15, 0.2) is 0 Å². The number of ether oxygens (including phenoxy) is 2. The second-order valence-electron chi connectivity index (χ2n) is 9.15. The van der Waals surface area contributed by atoms with Crippen LogP contribution in [-0.4, -0.2) is 50.3 Å².